The number of hydrogen-bond acceptors (Lipinski definition) is 2. The molecule has 2 heteroatoms. The second kappa shape index (κ2) is 24.6. The molecule has 0 spiro atoms. The quantitative estimate of drug-likeness (QED) is 0.108. The topological polar surface area (TPSA) is 34.1 Å². The molecule has 0 aromatic heterocycles. The van der Waals surface area contributed by atoms with Crippen molar-refractivity contribution in [1.82, 2.24) is 0 Å². The molecule has 0 saturated heterocycles. The first-order valence-electron chi connectivity index (χ1n) is 13.8. The molecule has 0 amide bonds. The number of carbonyl (C=O) groups is 2. The molecule has 0 atom stereocenters. The summed E-state index contributed by atoms with van der Waals surface area (Å²) < 4.78 is 0. The lowest BCUT2D eigenvalue weighted by atomic mass is 10.0. The predicted molar refractivity (Wildman–Crippen MR) is 132 cm³/mol. The summed E-state index contributed by atoms with van der Waals surface area (Å²) in [7, 11) is 0. The van der Waals surface area contributed by atoms with E-state index in [0.717, 1.165) is 25.7 Å². The molecule has 0 aromatic carbocycles. The van der Waals surface area contributed by atoms with Crippen LogP contribution in [0.15, 0.2) is 0 Å². The van der Waals surface area contributed by atoms with Gasteiger partial charge >= 0.3 is 0 Å². The lowest BCUT2D eigenvalue weighted by Crippen LogP contribution is -2.13. The third kappa shape index (κ3) is 22.0. The summed E-state index contributed by atoms with van der Waals surface area (Å²) in [6, 6.07) is 0. The number of unbranched alkanes of at least 4 members (excludes halogenated alkanes) is 20. The largest absolute Gasteiger partial charge is 0.291 e. The Kier molecular flexibility index (Phi) is 24.1. The van der Waals surface area contributed by atoms with Crippen LogP contribution < -0.4 is 0 Å². The molecule has 0 unspecified atom stereocenters. The third-order valence-electron chi connectivity index (χ3n) is 6.33. The number of carbonyl (C=O) groups excluding carboxylic acids is 2. The van der Waals surface area contributed by atoms with Crippen molar-refractivity contribution in [2.24, 2.45) is 0 Å². The molecule has 2 nitrogen and oxygen atoms in total. The monoisotopic (exact) mass is 422 g/mol. The van der Waals surface area contributed by atoms with Crippen molar-refractivity contribution >= 4 is 11.6 Å². The van der Waals surface area contributed by atoms with Crippen LogP contribution in [0.5, 0.6) is 0 Å². The van der Waals surface area contributed by atoms with Gasteiger partial charge < -0.3 is 0 Å². The first-order valence-corrected chi connectivity index (χ1v) is 13.8. The summed E-state index contributed by atoms with van der Waals surface area (Å²) in [6.45, 7) is 4.52. The normalized spacial score (nSPS) is 11.1. The smallest absolute Gasteiger partial charge is 0.198 e. The fraction of sp³-hybridized carbons (Fsp3) is 0.929. The minimum absolute atomic E-state index is 0.113. The van der Waals surface area contributed by atoms with Crippen molar-refractivity contribution in [3.05, 3.63) is 0 Å². The minimum Gasteiger partial charge on any atom is -0.291 e. The van der Waals surface area contributed by atoms with Crippen LogP contribution in [0.4, 0.5) is 0 Å². The van der Waals surface area contributed by atoms with Crippen LogP contribution in [0.2, 0.25) is 0 Å². The van der Waals surface area contributed by atoms with Crippen LogP contribution in [-0.2, 0) is 9.59 Å². The highest BCUT2D eigenvalue weighted by molar-refractivity contribution is 6.37. The Bertz CT molecular complexity index is 339. The Morgan fingerprint density at radius 3 is 0.767 bits per heavy atom. The number of rotatable bonds is 25. The fourth-order valence-corrected chi connectivity index (χ4v) is 4.18. The molecule has 0 saturated carbocycles. The summed E-state index contributed by atoms with van der Waals surface area (Å²) >= 11 is 0. The van der Waals surface area contributed by atoms with Crippen molar-refractivity contribution in [3.63, 3.8) is 0 Å². The maximum absolute atomic E-state index is 12.0. The van der Waals surface area contributed by atoms with E-state index in [1.807, 2.05) is 0 Å². The average molecular weight is 423 g/mol. The van der Waals surface area contributed by atoms with Crippen molar-refractivity contribution in [3.8, 4) is 0 Å². The van der Waals surface area contributed by atoms with E-state index in [9.17, 15) is 9.59 Å². The van der Waals surface area contributed by atoms with Crippen LogP contribution in [-0.4, -0.2) is 11.6 Å². The van der Waals surface area contributed by atoms with Gasteiger partial charge in [0.05, 0.1) is 0 Å². The second-order valence-corrected chi connectivity index (χ2v) is 9.42. The molecular formula is C28H54O2. The van der Waals surface area contributed by atoms with E-state index in [2.05, 4.69) is 13.8 Å². The third-order valence-corrected chi connectivity index (χ3v) is 6.33. The van der Waals surface area contributed by atoms with Crippen LogP contribution in [0.1, 0.15) is 168 Å². The van der Waals surface area contributed by atoms with Gasteiger partial charge in [0.2, 0.25) is 0 Å². The van der Waals surface area contributed by atoms with Gasteiger partial charge in [0, 0.05) is 12.8 Å². The first kappa shape index (κ1) is 29.3. The maximum Gasteiger partial charge on any atom is 0.198 e. The number of ketones is 2. The van der Waals surface area contributed by atoms with Gasteiger partial charge in [-0.3, -0.25) is 9.59 Å². The van der Waals surface area contributed by atoms with E-state index in [0.29, 0.717) is 12.8 Å². The van der Waals surface area contributed by atoms with Crippen molar-refractivity contribution in [2.45, 2.75) is 168 Å². The fourth-order valence-electron chi connectivity index (χ4n) is 4.18. The summed E-state index contributed by atoms with van der Waals surface area (Å²) in [5, 5.41) is 0. The van der Waals surface area contributed by atoms with E-state index in [1.54, 1.807) is 0 Å². The lowest BCUT2D eigenvalue weighted by Gasteiger charge is -2.04. The maximum atomic E-state index is 12.0. The average Bonchev–Trinajstić information content (AvgIpc) is 2.75. The lowest BCUT2D eigenvalue weighted by molar-refractivity contribution is -0.136. The Hall–Kier alpha value is -0.660. The summed E-state index contributed by atoms with van der Waals surface area (Å²) in [5.41, 5.74) is 0. The predicted octanol–water partition coefficient (Wildman–Crippen LogP) is 9.53. The Labute approximate surface area is 189 Å². The van der Waals surface area contributed by atoms with Crippen molar-refractivity contribution < 1.29 is 9.59 Å². The summed E-state index contributed by atoms with van der Waals surface area (Å²) in [5.74, 6) is -0.226. The van der Waals surface area contributed by atoms with Gasteiger partial charge in [-0.05, 0) is 12.8 Å². The highest BCUT2D eigenvalue weighted by Crippen LogP contribution is 2.14. The van der Waals surface area contributed by atoms with E-state index in [-0.39, 0.29) is 11.6 Å². The molecule has 0 aliphatic carbocycles. The molecule has 0 N–H and O–H groups in total. The van der Waals surface area contributed by atoms with Gasteiger partial charge in [-0.15, -0.1) is 0 Å². The van der Waals surface area contributed by atoms with E-state index in [4.69, 9.17) is 0 Å². The molecule has 0 aromatic rings. The van der Waals surface area contributed by atoms with Crippen LogP contribution in [0.3, 0.4) is 0 Å². The highest BCUT2D eigenvalue weighted by atomic mass is 16.2. The van der Waals surface area contributed by atoms with Gasteiger partial charge in [0.25, 0.3) is 0 Å². The summed E-state index contributed by atoms with van der Waals surface area (Å²) in [6.07, 6.45) is 29.1. The number of Topliss-reactive ketones (excluding diaryl/α,β-unsaturated/α-hetero) is 2. The van der Waals surface area contributed by atoms with E-state index in [1.165, 1.54) is 116 Å². The van der Waals surface area contributed by atoms with E-state index < -0.39 is 0 Å². The summed E-state index contributed by atoms with van der Waals surface area (Å²) in [4.78, 5) is 23.9. The van der Waals surface area contributed by atoms with Crippen LogP contribution in [0, 0.1) is 0 Å². The standard InChI is InChI=1S/C28H54O2/c1-3-5-7-9-11-13-15-17-19-21-23-25-27(29)28(30)26-24-22-20-18-16-14-12-10-8-6-4-2/h3-26H2,1-2H3. The SMILES string of the molecule is CCCCCCCCCCCCCC(=O)C(=O)CCCCCCCCCCCCC. The first-order chi connectivity index (χ1) is 14.7. The van der Waals surface area contributed by atoms with Crippen molar-refractivity contribution in [1.29, 1.82) is 0 Å². The zero-order valence-electron chi connectivity index (χ0n) is 20.8. The second-order valence-electron chi connectivity index (χ2n) is 9.42. The zero-order chi connectivity index (χ0) is 22.1. The number of hydrogen-bond donors (Lipinski definition) is 0. The van der Waals surface area contributed by atoms with Gasteiger partial charge in [-0.2, -0.15) is 0 Å². The van der Waals surface area contributed by atoms with Gasteiger partial charge in [-0.1, -0.05) is 142 Å². The van der Waals surface area contributed by atoms with Crippen LogP contribution in [0.25, 0.3) is 0 Å². The van der Waals surface area contributed by atoms with Gasteiger partial charge in [-0.25, -0.2) is 0 Å². The van der Waals surface area contributed by atoms with E-state index >= 15 is 0 Å². The molecule has 0 aliphatic rings. The molecule has 30 heavy (non-hydrogen) atoms. The molecule has 0 rings (SSSR count). The van der Waals surface area contributed by atoms with Crippen molar-refractivity contribution in [2.75, 3.05) is 0 Å². The molecule has 0 fully saturated rings. The Balaban J connectivity index is 3.32. The highest BCUT2D eigenvalue weighted by Gasteiger charge is 2.12. The Morgan fingerprint density at radius 1 is 0.333 bits per heavy atom. The Morgan fingerprint density at radius 2 is 0.533 bits per heavy atom. The minimum atomic E-state index is -0.113. The molecule has 0 heterocycles. The van der Waals surface area contributed by atoms with Gasteiger partial charge in [0.1, 0.15) is 0 Å². The molecule has 0 bridgehead atoms. The molecular weight excluding hydrogens is 368 g/mol. The molecule has 0 aliphatic heterocycles. The van der Waals surface area contributed by atoms with Gasteiger partial charge in [0.15, 0.2) is 11.6 Å². The molecule has 0 radical (unpaired) electrons. The van der Waals surface area contributed by atoms with Crippen LogP contribution >= 0.6 is 0 Å². The molecule has 178 valence electrons. The zero-order valence-corrected chi connectivity index (χ0v) is 20.8.